The number of pyridine rings is 1. The molecule has 3 rings (SSSR count). The van der Waals surface area contributed by atoms with Crippen LogP contribution in [-0.2, 0) is 17.8 Å². The smallest absolute Gasteiger partial charge is 0.254 e. The van der Waals surface area contributed by atoms with Gasteiger partial charge in [0.05, 0.1) is 0 Å². The molecule has 25 heavy (non-hydrogen) atoms. The van der Waals surface area contributed by atoms with E-state index in [1.54, 1.807) is 17.9 Å². The average Bonchev–Trinajstić information content (AvgIpc) is 2.99. The highest BCUT2D eigenvalue weighted by Gasteiger charge is 2.29. The van der Waals surface area contributed by atoms with Crippen molar-refractivity contribution in [1.29, 1.82) is 0 Å². The monoisotopic (exact) mass is 344 g/mol. The van der Waals surface area contributed by atoms with Crippen LogP contribution in [0.5, 0.6) is 5.75 Å². The summed E-state index contributed by atoms with van der Waals surface area (Å²) in [4.78, 5) is 26.5. The van der Waals surface area contributed by atoms with Crippen molar-refractivity contribution in [2.75, 3.05) is 6.54 Å². The van der Waals surface area contributed by atoms with E-state index in [9.17, 15) is 19.1 Å². The number of rotatable bonds is 4. The number of hydrogen-bond donors (Lipinski definition) is 1. The second-order valence-corrected chi connectivity index (χ2v) is 6.50. The Labute approximate surface area is 145 Å². The number of hydrogen-bond acceptors (Lipinski definition) is 3. The summed E-state index contributed by atoms with van der Waals surface area (Å²) in [5, 5.41) is 9.45. The summed E-state index contributed by atoms with van der Waals surface area (Å²) in [6.45, 7) is 2.28. The molecule has 1 aromatic heterocycles. The highest BCUT2D eigenvalue weighted by molar-refractivity contribution is 5.76. The van der Waals surface area contributed by atoms with Gasteiger partial charge in [0.2, 0.25) is 5.91 Å². The molecule has 0 radical (unpaired) electrons. The second-order valence-electron chi connectivity index (χ2n) is 6.50. The third-order valence-corrected chi connectivity index (χ3v) is 4.67. The molecule has 5 nitrogen and oxygen atoms in total. The van der Waals surface area contributed by atoms with Gasteiger partial charge < -0.3 is 14.6 Å². The van der Waals surface area contributed by atoms with Gasteiger partial charge in [0, 0.05) is 24.3 Å². The van der Waals surface area contributed by atoms with Gasteiger partial charge in [-0.3, -0.25) is 9.59 Å². The van der Waals surface area contributed by atoms with Crippen LogP contribution in [-0.4, -0.2) is 33.1 Å². The number of aryl methyl sites for hydroxylation is 1. The number of halogens is 1. The van der Waals surface area contributed by atoms with Crippen molar-refractivity contribution in [3.05, 3.63) is 63.8 Å². The van der Waals surface area contributed by atoms with E-state index in [0.717, 1.165) is 24.5 Å². The number of benzene rings is 1. The van der Waals surface area contributed by atoms with E-state index >= 15 is 0 Å². The number of nitrogens with zero attached hydrogens (tertiary/aromatic N) is 2. The fraction of sp³-hybridized carbons (Fsp3) is 0.368. The van der Waals surface area contributed by atoms with Crippen LogP contribution >= 0.6 is 0 Å². The summed E-state index contributed by atoms with van der Waals surface area (Å²) in [5.74, 6) is -0.509. The molecule has 1 saturated heterocycles. The van der Waals surface area contributed by atoms with E-state index in [1.807, 2.05) is 6.07 Å². The quantitative estimate of drug-likeness (QED) is 0.925. The molecule has 0 spiro atoms. The van der Waals surface area contributed by atoms with E-state index in [4.69, 9.17) is 0 Å². The Bertz CT molecular complexity index is 847. The molecular weight excluding hydrogens is 323 g/mol. The number of aromatic nitrogens is 1. The minimum Gasteiger partial charge on any atom is -0.508 e. The Hall–Kier alpha value is -2.63. The van der Waals surface area contributed by atoms with Crippen molar-refractivity contribution in [1.82, 2.24) is 9.47 Å². The lowest BCUT2D eigenvalue weighted by atomic mass is 10.0. The Morgan fingerprint density at radius 1 is 1.32 bits per heavy atom. The molecule has 0 bridgehead atoms. The van der Waals surface area contributed by atoms with E-state index in [0.29, 0.717) is 18.7 Å². The van der Waals surface area contributed by atoms with Crippen molar-refractivity contribution in [2.45, 2.75) is 38.8 Å². The number of likely N-dealkylation sites (tertiary alicyclic amines) is 1. The molecule has 2 heterocycles. The van der Waals surface area contributed by atoms with E-state index < -0.39 is 5.56 Å². The largest absolute Gasteiger partial charge is 0.508 e. The maximum atomic E-state index is 13.4. The molecule has 1 unspecified atom stereocenters. The predicted octanol–water partition coefficient (Wildman–Crippen LogP) is 2.24. The molecule has 1 fully saturated rings. The lowest BCUT2D eigenvalue weighted by Crippen LogP contribution is -2.40. The Balaban J connectivity index is 1.74. The molecule has 1 amide bonds. The summed E-state index contributed by atoms with van der Waals surface area (Å²) in [6.07, 6.45) is 2.37. The van der Waals surface area contributed by atoms with Crippen LogP contribution < -0.4 is 5.56 Å². The topological polar surface area (TPSA) is 62.5 Å². The molecule has 1 aliphatic rings. The summed E-state index contributed by atoms with van der Waals surface area (Å²) in [6, 6.07) is 9.01. The van der Waals surface area contributed by atoms with Crippen LogP contribution in [0.15, 0.2) is 41.2 Å². The van der Waals surface area contributed by atoms with Crippen LogP contribution in [0.3, 0.4) is 0 Å². The molecule has 132 valence electrons. The Morgan fingerprint density at radius 2 is 2.12 bits per heavy atom. The lowest BCUT2D eigenvalue weighted by molar-refractivity contribution is -0.132. The van der Waals surface area contributed by atoms with Crippen molar-refractivity contribution < 1.29 is 14.3 Å². The van der Waals surface area contributed by atoms with E-state index in [-0.39, 0.29) is 30.1 Å². The Morgan fingerprint density at radius 3 is 2.84 bits per heavy atom. The van der Waals surface area contributed by atoms with Crippen LogP contribution in [0.4, 0.5) is 4.39 Å². The average molecular weight is 344 g/mol. The molecule has 0 saturated carbocycles. The first kappa shape index (κ1) is 17.2. The highest BCUT2D eigenvalue weighted by atomic mass is 19.1. The molecule has 1 atom stereocenters. The lowest BCUT2D eigenvalue weighted by Gasteiger charge is -2.25. The molecule has 6 heteroatoms. The van der Waals surface area contributed by atoms with Gasteiger partial charge in [0.25, 0.3) is 5.56 Å². The molecule has 2 aromatic rings. The fourth-order valence-corrected chi connectivity index (χ4v) is 3.45. The zero-order valence-corrected chi connectivity index (χ0v) is 14.1. The van der Waals surface area contributed by atoms with Gasteiger partial charge in [-0.15, -0.1) is 0 Å². The third kappa shape index (κ3) is 3.90. The minimum absolute atomic E-state index is 0.0161. The van der Waals surface area contributed by atoms with Crippen molar-refractivity contribution >= 4 is 5.91 Å². The van der Waals surface area contributed by atoms with Crippen molar-refractivity contribution in [2.24, 2.45) is 0 Å². The first-order valence-corrected chi connectivity index (χ1v) is 8.38. The zero-order valence-electron chi connectivity index (χ0n) is 14.1. The van der Waals surface area contributed by atoms with Crippen molar-refractivity contribution in [3.8, 4) is 5.75 Å². The van der Waals surface area contributed by atoms with Crippen LogP contribution in [0.1, 0.15) is 24.1 Å². The van der Waals surface area contributed by atoms with E-state index in [2.05, 4.69) is 0 Å². The first-order valence-electron chi connectivity index (χ1n) is 8.38. The molecule has 0 aliphatic carbocycles. The van der Waals surface area contributed by atoms with Crippen molar-refractivity contribution in [3.63, 3.8) is 0 Å². The highest BCUT2D eigenvalue weighted by Crippen LogP contribution is 2.22. The first-order chi connectivity index (χ1) is 11.9. The van der Waals surface area contributed by atoms with Gasteiger partial charge in [0.1, 0.15) is 18.1 Å². The fourth-order valence-electron chi connectivity index (χ4n) is 3.45. The molecule has 1 aliphatic heterocycles. The number of amides is 1. The van der Waals surface area contributed by atoms with Gasteiger partial charge >= 0.3 is 0 Å². The van der Waals surface area contributed by atoms with Gasteiger partial charge in [0.15, 0.2) is 0 Å². The Kier molecular flexibility index (Phi) is 4.88. The van der Waals surface area contributed by atoms with Gasteiger partial charge in [-0.2, -0.15) is 0 Å². The number of carbonyl (C=O) groups excluding carboxylic acids is 1. The second kappa shape index (κ2) is 7.09. The third-order valence-electron chi connectivity index (χ3n) is 4.67. The summed E-state index contributed by atoms with van der Waals surface area (Å²) in [7, 11) is 0. The summed E-state index contributed by atoms with van der Waals surface area (Å²) >= 11 is 0. The van der Waals surface area contributed by atoms with Crippen LogP contribution in [0.2, 0.25) is 0 Å². The standard InChI is InChI=1S/C19H21FN2O3/c1-13-8-17(23)11-18(24)22(13)12-19(25)21-7-3-6-16(21)10-14-4-2-5-15(20)9-14/h2,4-5,8-9,11,16,23H,3,6-7,10,12H2,1H3. The van der Waals surface area contributed by atoms with Crippen LogP contribution in [0.25, 0.3) is 0 Å². The van der Waals surface area contributed by atoms with Gasteiger partial charge in [-0.1, -0.05) is 12.1 Å². The number of aromatic hydroxyl groups is 1. The zero-order chi connectivity index (χ0) is 18.0. The number of carbonyl (C=O) groups is 1. The summed E-state index contributed by atoms with van der Waals surface area (Å²) < 4.78 is 14.7. The van der Waals surface area contributed by atoms with E-state index in [1.165, 1.54) is 22.8 Å². The maximum absolute atomic E-state index is 13.4. The molecular formula is C19H21FN2O3. The maximum Gasteiger partial charge on any atom is 0.254 e. The van der Waals surface area contributed by atoms with Gasteiger partial charge in [-0.05, 0) is 49.9 Å². The van der Waals surface area contributed by atoms with Gasteiger partial charge in [-0.25, -0.2) is 4.39 Å². The minimum atomic E-state index is -0.397. The normalized spacial score (nSPS) is 17.0. The predicted molar refractivity (Wildman–Crippen MR) is 91.9 cm³/mol. The SMILES string of the molecule is Cc1cc(O)cc(=O)n1CC(=O)N1CCCC1Cc1cccc(F)c1. The summed E-state index contributed by atoms with van der Waals surface area (Å²) in [5.41, 5.74) is 1.01. The molecule has 1 aromatic carbocycles. The molecule has 1 N–H and O–H groups in total. The van der Waals surface area contributed by atoms with Crippen LogP contribution in [0, 0.1) is 12.7 Å².